The lowest BCUT2D eigenvalue weighted by Gasteiger charge is -2.23. The molecule has 0 fully saturated rings. The third kappa shape index (κ3) is 3.98. The van der Waals surface area contributed by atoms with Crippen molar-refractivity contribution < 1.29 is 19.4 Å². The molecule has 0 aliphatic rings. The minimum absolute atomic E-state index is 0.296. The lowest BCUT2D eigenvalue weighted by Crippen LogP contribution is -2.39. The van der Waals surface area contributed by atoms with Crippen LogP contribution in [0.25, 0.3) is 0 Å². The van der Waals surface area contributed by atoms with Crippen molar-refractivity contribution in [1.29, 1.82) is 0 Å². The number of amides is 2. The fraction of sp³-hybridized carbons (Fsp3) is 0.125. The molecule has 2 N–H and O–H groups in total. The van der Waals surface area contributed by atoms with Crippen LogP contribution in [0.3, 0.4) is 0 Å². The van der Waals surface area contributed by atoms with E-state index in [0.29, 0.717) is 11.3 Å². The molecule has 0 aliphatic carbocycles. The molecular weight excluding hydrogens is 344 g/mol. The van der Waals surface area contributed by atoms with Crippen LogP contribution in [0.4, 0.5) is 17.1 Å². The Bertz CT molecular complexity index is 879. The summed E-state index contributed by atoms with van der Waals surface area (Å²) < 4.78 is 0. The van der Waals surface area contributed by atoms with E-state index in [1.807, 2.05) is 0 Å². The molecule has 0 saturated heterocycles. The van der Waals surface area contributed by atoms with Gasteiger partial charge in [0, 0.05) is 17.8 Å². The van der Waals surface area contributed by atoms with Crippen molar-refractivity contribution in [3.63, 3.8) is 0 Å². The number of nitro benzene ring substituents is 2. The molecule has 134 valence electrons. The number of anilines is 1. The number of nitrogens with two attached hydrogens (primary N) is 1. The van der Waals surface area contributed by atoms with Gasteiger partial charge in [0.2, 0.25) is 5.91 Å². The number of rotatable bonds is 6. The SMILES string of the molecule is Cc1ccccc1N(CC(N)=O)C(=O)c1cc([N+](=O)[O-])cc([N+](=O)[O-])c1. The van der Waals surface area contributed by atoms with Crippen LogP contribution < -0.4 is 10.6 Å². The summed E-state index contributed by atoms with van der Waals surface area (Å²) in [6, 6.07) is 9.23. The van der Waals surface area contributed by atoms with Crippen LogP contribution in [-0.4, -0.2) is 28.2 Å². The average Bonchev–Trinajstić information content (AvgIpc) is 2.59. The molecule has 0 aliphatic heterocycles. The summed E-state index contributed by atoms with van der Waals surface area (Å²) in [6.45, 7) is 1.21. The fourth-order valence-corrected chi connectivity index (χ4v) is 2.37. The number of hydrogen-bond donors (Lipinski definition) is 1. The molecule has 0 bridgehead atoms. The molecule has 10 nitrogen and oxygen atoms in total. The second-order valence-electron chi connectivity index (χ2n) is 5.40. The smallest absolute Gasteiger partial charge is 0.277 e. The highest BCUT2D eigenvalue weighted by molar-refractivity contribution is 6.09. The number of nitro groups is 2. The second kappa shape index (κ2) is 7.38. The zero-order valence-electron chi connectivity index (χ0n) is 13.6. The van der Waals surface area contributed by atoms with Crippen molar-refractivity contribution in [3.8, 4) is 0 Å². The Kier molecular flexibility index (Phi) is 5.26. The van der Waals surface area contributed by atoms with Crippen molar-refractivity contribution in [2.24, 2.45) is 5.73 Å². The maximum Gasteiger partial charge on any atom is 0.277 e. The lowest BCUT2D eigenvalue weighted by atomic mass is 10.1. The molecule has 0 aromatic heterocycles. The molecule has 0 heterocycles. The van der Waals surface area contributed by atoms with Gasteiger partial charge < -0.3 is 5.73 Å². The van der Waals surface area contributed by atoms with Crippen molar-refractivity contribution in [3.05, 3.63) is 73.8 Å². The van der Waals surface area contributed by atoms with Gasteiger partial charge in [0.1, 0.15) is 6.54 Å². The highest BCUT2D eigenvalue weighted by Crippen LogP contribution is 2.26. The Balaban J connectivity index is 2.58. The van der Waals surface area contributed by atoms with Crippen molar-refractivity contribution in [2.45, 2.75) is 6.92 Å². The normalized spacial score (nSPS) is 10.2. The minimum atomic E-state index is -0.837. The summed E-state index contributed by atoms with van der Waals surface area (Å²) in [5, 5.41) is 22.0. The molecule has 0 unspecified atom stereocenters. The van der Waals surface area contributed by atoms with Gasteiger partial charge in [-0.25, -0.2) is 0 Å². The van der Waals surface area contributed by atoms with Gasteiger partial charge >= 0.3 is 0 Å². The molecule has 0 radical (unpaired) electrons. The van der Waals surface area contributed by atoms with Gasteiger partial charge in [0.05, 0.1) is 21.5 Å². The Labute approximate surface area is 147 Å². The maximum absolute atomic E-state index is 12.9. The van der Waals surface area contributed by atoms with Crippen LogP contribution in [-0.2, 0) is 4.79 Å². The number of primary amides is 1. The van der Waals surface area contributed by atoms with Gasteiger partial charge in [0.25, 0.3) is 17.3 Å². The van der Waals surface area contributed by atoms with Gasteiger partial charge in [-0.1, -0.05) is 18.2 Å². The summed E-state index contributed by atoms with van der Waals surface area (Å²) in [5.74, 6) is -1.62. The van der Waals surface area contributed by atoms with E-state index in [9.17, 15) is 29.8 Å². The van der Waals surface area contributed by atoms with Crippen LogP contribution in [0.1, 0.15) is 15.9 Å². The zero-order valence-corrected chi connectivity index (χ0v) is 13.6. The number of aryl methyl sites for hydroxylation is 1. The van der Waals surface area contributed by atoms with Crippen molar-refractivity contribution >= 4 is 28.9 Å². The number of hydrogen-bond acceptors (Lipinski definition) is 6. The monoisotopic (exact) mass is 358 g/mol. The molecule has 10 heteroatoms. The summed E-state index contributed by atoms with van der Waals surface area (Å²) in [7, 11) is 0. The lowest BCUT2D eigenvalue weighted by molar-refractivity contribution is -0.394. The summed E-state index contributed by atoms with van der Waals surface area (Å²) >= 11 is 0. The second-order valence-corrected chi connectivity index (χ2v) is 5.40. The van der Waals surface area contributed by atoms with E-state index in [-0.39, 0.29) is 5.56 Å². The standard InChI is InChI=1S/C16H14N4O6/c1-10-4-2-3-5-14(10)18(9-15(17)21)16(22)11-6-12(19(23)24)8-13(7-11)20(25)26/h2-8H,9H2,1H3,(H2,17,21). The number of carbonyl (C=O) groups is 2. The number of non-ortho nitro benzene ring substituents is 2. The third-order valence-electron chi connectivity index (χ3n) is 3.54. The van der Waals surface area contributed by atoms with Crippen molar-refractivity contribution in [1.82, 2.24) is 0 Å². The largest absolute Gasteiger partial charge is 0.368 e. The van der Waals surface area contributed by atoms with E-state index in [1.54, 1.807) is 31.2 Å². The van der Waals surface area contributed by atoms with Crippen LogP contribution in [0.15, 0.2) is 42.5 Å². The number of para-hydroxylation sites is 1. The van der Waals surface area contributed by atoms with E-state index in [1.165, 1.54) is 0 Å². The predicted molar refractivity (Wildman–Crippen MR) is 91.8 cm³/mol. The van der Waals surface area contributed by atoms with Gasteiger partial charge in [-0.2, -0.15) is 0 Å². The quantitative estimate of drug-likeness (QED) is 0.616. The van der Waals surface area contributed by atoms with Gasteiger partial charge in [-0.05, 0) is 18.6 Å². The van der Waals surface area contributed by atoms with Gasteiger partial charge in [-0.3, -0.25) is 34.7 Å². The Morgan fingerprint density at radius 1 is 1.04 bits per heavy atom. The highest BCUT2D eigenvalue weighted by atomic mass is 16.6. The average molecular weight is 358 g/mol. The first-order chi connectivity index (χ1) is 12.2. The summed E-state index contributed by atoms with van der Waals surface area (Å²) in [4.78, 5) is 45.6. The van der Waals surface area contributed by atoms with Gasteiger partial charge in [0.15, 0.2) is 0 Å². The summed E-state index contributed by atoms with van der Waals surface area (Å²) in [5.41, 5.74) is 4.72. The maximum atomic E-state index is 12.9. The van der Waals surface area contributed by atoms with Crippen LogP contribution in [0, 0.1) is 27.2 Å². The van der Waals surface area contributed by atoms with Gasteiger partial charge in [-0.15, -0.1) is 0 Å². The van der Waals surface area contributed by atoms with E-state index < -0.39 is 39.6 Å². The fourth-order valence-electron chi connectivity index (χ4n) is 2.37. The molecule has 0 spiro atoms. The molecule has 0 saturated carbocycles. The van der Waals surface area contributed by atoms with E-state index in [0.717, 1.165) is 23.1 Å². The number of benzene rings is 2. The molecule has 26 heavy (non-hydrogen) atoms. The summed E-state index contributed by atoms with van der Waals surface area (Å²) in [6.07, 6.45) is 0. The molecule has 2 amide bonds. The first kappa shape index (κ1) is 18.5. The Morgan fingerprint density at radius 3 is 2.04 bits per heavy atom. The first-order valence-electron chi connectivity index (χ1n) is 7.30. The number of nitrogens with zero attached hydrogens (tertiary/aromatic N) is 3. The highest BCUT2D eigenvalue weighted by Gasteiger charge is 2.25. The van der Waals surface area contributed by atoms with Crippen LogP contribution in [0.5, 0.6) is 0 Å². The Hall–Kier alpha value is -3.82. The topological polar surface area (TPSA) is 150 Å². The van der Waals surface area contributed by atoms with E-state index in [2.05, 4.69) is 0 Å². The zero-order chi connectivity index (χ0) is 19.4. The third-order valence-corrected chi connectivity index (χ3v) is 3.54. The Morgan fingerprint density at radius 2 is 1.58 bits per heavy atom. The molecule has 2 aromatic rings. The molecule has 2 aromatic carbocycles. The van der Waals surface area contributed by atoms with Crippen LogP contribution in [0.2, 0.25) is 0 Å². The molecule has 2 rings (SSSR count). The van der Waals surface area contributed by atoms with Crippen molar-refractivity contribution in [2.75, 3.05) is 11.4 Å². The van der Waals surface area contributed by atoms with E-state index in [4.69, 9.17) is 5.73 Å². The predicted octanol–water partition coefficient (Wildman–Crippen LogP) is 1.94. The molecule has 0 atom stereocenters. The van der Waals surface area contributed by atoms with Crippen LogP contribution >= 0.6 is 0 Å². The minimum Gasteiger partial charge on any atom is -0.368 e. The number of carbonyl (C=O) groups excluding carboxylic acids is 2. The first-order valence-corrected chi connectivity index (χ1v) is 7.30. The molecular formula is C16H14N4O6. The van der Waals surface area contributed by atoms with E-state index >= 15 is 0 Å².